The minimum Gasteiger partial charge on any atom is -0.267 e. The molecule has 0 unspecified atom stereocenters. The molecule has 1 heterocycles. The molecule has 1 aromatic heterocycles. The van der Waals surface area contributed by atoms with Crippen LogP contribution >= 0.6 is 0 Å². The zero-order valence-corrected chi connectivity index (χ0v) is 15.6. The number of fused-ring (bicyclic) bond motifs is 1. The van der Waals surface area contributed by atoms with Gasteiger partial charge in [0.05, 0.1) is 23.0 Å². The van der Waals surface area contributed by atoms with E-state index in [2.05, 4.69) is 41.5 Å². The molecular formula is C22H23N3O. The summed E-state index contributed by atoms with van der Waals surface area (Å²) < 4.78 is 0. The van der Waals surface area contributed by atoms with E-state index < -0.39 is 0 Å². The second kappa shape index (κ2) is 7.48. The van der Waals surface area contributed by atoms with Crippen molar-refractivity contribution < 1.29 is 4.79 Å². The Morgan fingerprint density at radius 3 is 2.50 bits per heavy atom. The fourth-order valence-electron chi connectivity index (χ4n) is 2.81. The number of rotatable bonds is 4. The Morgan fingerprint density at radius 1 is 1.08 bits per heavy atom. The average molecular weight is 345 g/mol. The summed E-state index contributed by atoms with van der Waals surface area (Å²) in [5, 5.41) is 5.03. The first kappa shape index (κ1) is 17.8. The van der Waals surface area contributed by atoms with E-state index in [0.717, 1.165) is 22.0 Å². The third-order valence-electron chi connectivity index (χ3n) is 4.39. The predicted octanol–water partition coefficient (Wildman–Crippen LogP) is 4.74. The number of carbonyl (C=O) groups excluding carboxylic acids is 1. The van der Waals surface area contributed by atoms with Crippen molar-refractivity contribution in [3.8, 4) is 0 Å². The maximum atomic E-state index is 12.5. The van der Waals surface area contributed by atoms with Crippen molar-refractivity contribution in [1.82, 2.24) is 10.4 Å². The molecule has 2 aromatic carbocycles. The molecule has 1 amide bonds. The van der Waals surface area contributed by atoms with E-state index in [0.29, 0.717) is 17.2 Å². The van der Waals surface area contributed by atoms with Crippen molar-refractivity contribution in [3.05, 3.63) is 76.5 Å². The second-order valence-electron chi connectivity index (χ2n) is 6.84. The number of aryl methyl sites for hydroxylation is 2. The zero-order chi connectivity index (χ0) is 18.7. The largest absolute Gasteiger partial charge is 0.273 e. The Balaban J connectivity index is 1.75. The molecule has 0 fully saturated rings. The monoisotopic (exact) mass is 345 g/mol. The van der Waals surface area contributed by atoms with Gasteiger partial charge in [-0.1, -0.05) is 49.7 Å². The Hall–Kier alpha value is -3.01. The van der Waals surface area contributed by atoms with E-state index in [-0.39, 0.29) is 5.91 Å². The Kier molecular flexibility index (Phi) is 5.12. The van der Waals surface area contributed by atoms with E-state index in [1.54, 1.807) is 6.21 Å². The predicted molar refractivity (Wildman–Crippen MR) is 107 cm³/mol. The Bertz CT molecular complexity index is 973. The van der Waals surface area contributed by atoms with Crippen LogP contribution < -0.4 is 5.43 Å². The number of amides is 1. The molecule has 0 saturated carbocycles. The van der Waals surface area contributed by atoms with Gasteiger partial charge >= 0.3 is 0 Å². The van der Waals surface area contributed by atoms with Crippen LogP contribution in [0.15, 0.2) is 53.6 Å². The molecule has 0 radical (unpaired) electrons. The van der Waals surface area contributed by atoms with E-state index in [1.165, 1.54) is 5.56 Å². The molecule has 132 valence electrons. The van der Waals surface area contributed by atoms with Gasteiger partial charge in [0.2, 0.25) is 0 Å². The summed E-state index contributed by atoms with van der Waals surface area (Å²) in [6.07, 6.45) is 1.65. The van der Waals surface area contributed by atoms with Gasteiger partial charge in [0.1, 0.15) is 0 Å². The van der Waals surface area contributed by atoms with Crippen LogP contribution in [0.4, 0.5) is 0 Å². The molecule has 1 N–H and O–H groups in total. The van der Waals surface area contributed by atoms with Crippen LogP contribution in [0.1, 0.15) is 52.5 Å². The number of hydrogen-bond acceptors (Lipinski definition) is 3. The molecule has 3 aromatic rings. The topological polar surface area (TPSA) is 54.4 Å². The molecule has 26 heavy (non-hydrogen) atoms. The average Bonchev–Trinajstić information content (AvgIpc) is 2.61. The smallest absolute Gasteiger partial charge is 0.267 e. The highest BCUT2D eigenvalue weighted by atomic mass is 16.2. The minimum atomic E-state index is -0.256. The Morgan fingerprint density at radius 2 is 1.81 bits per heavy atom. The van der Waals surface area contributed by atoms with Gasteiger partial charge in [-0.3, -0.25) is 9.78 Å². The van der Waals surface area contributed by atoms with Gasteiger partial charge in [0.15, 0.2) is 0 Å². The number of pyridine rings is 1. The lowest BCUT2D eigenvalue weighted by Crippen LogP contribution is -2.19. The van der Waals surface area contributed by atoms with E-state index in [9.17, 15) is 4.79 Å². The number of carbonyl (C=O) groups is 1. The molecule has 4 heteroatoms. The van der Waals surface area contributed by atoms with E-state index in [4.69, 9.17) is 0 Å². The summed E-state index contributed by atoms with van der Waals surface area (Å²) in [6, 6.07) is 16.0. The molecule has 0 atom stereocenters. The first-order valence-electron chi connectivity index (χ1n) is 8.75. The first-order valence-corrected chi connectivity index (χ1v) is 8.75. The van der Waals surface area contributed by atoms with Gasteiger partial charge in [-0.15, -0.1) is 0 Å². The third kappa shape index (κ3) is 3.97. The second-order valence-corrected chi connectivity index (χ2v) is 6.84. The minimum absolute atomic E-state index is 0.256. The van der Waals surface area contributed by atoms with Crippen molar-refractivity contribution in [1.29, 1.82) is 0 Å². The summed E-state index contributed by atoms with van der Waals surface area (Å²) in [6.45, 7) is 8.17. The molecule has 0 aliphatic heterocycles. The highest BCUT2D eigenvalue weighted by molar-refractivity contribution is 5.99. The van der Waals surface area contributed by atoms with Gasteiger partial charge < -0.3 is 0 Å². The van der Waals surface area contributed by atoms with Crippen molar-refractivity contribution in [2.75, 3.05) is 0 Å². The van der Waals surface area contributed by atoms with Gasteiger partial charge in [0.25, 0.3) is 5.91 Å². The van der Waals surface area contributed by atoms with Gasteiger partial charge in [-0.25, -0.2) is 5.43 Å². The molecule has 0 saturated heterocycles. The maximum absolute atomic E-state index is 12.5. The highest BCUT2D eigenvalue weighted by Gasteiger charge is 2.11. The maximum Gasteiger partial charge on any atom is 0.273 e. The van der Waals surface area contributed by atoms with Crippen molar-refractivity contribution in [3.63, 3.8) is 0 Å². The molecule has 0 aliphatic rings. The lowest BCUT2D eigenvalue weighted by Gasteiger charge is -2.07. The summed E-state index contributed by atoms with van der Waals surface area (Å²) in [5.74, 6) is 0.237. The first-order chi connectivity index (χ1) is 12.4. The van der Waals surface area contributed by atoms with Crippen molar-refractivity contribution in [2.24, 2.45) is 5.10 Å². The molecule has 0 spiro atoms. The van der Waals surface area contributed by atoms with Crippen LogP contribution in [0.3, 0.4) is 0 Å². The highest BCUT2D eigenvalue weighted by Crippen LogP contribution is 2.18. The van der Waals surface area contributed by atoms with Crippen LogP contribution in [-0.4, -0.2) is 17.1 Å². The van der Waals surface area contributed by atoms with Crippen LogP contribution in [0, 0.1) is 13.8 Å². The number of hydrazone groups is 1. The van der Waals surface area contributed by atoms with E-state index in [1.807, 2.05) is 50.2 Å². The summed E-state index contributed by atoms with van der Waals surface area (Å²) in [4.78, 5) is 17.0. The summed E-state index contributed by atoms with van der Waals surface area (Å²) in [5.41, 5.74) is 8.07. The molecule has 4 nitrogen and oxygen atoms in total. The van der Waals surface area contributed by atoms with Crippen molar-refractivity contribution in [2.45, 2.75) is 33.6 Å². The fourth-order valence-corrected chi connectivity index (χ4v) is 2.81. The van der Waals surface area contributed by atoms with Crippen molar-refractivity contribution >= 4 is 23.0 Å². The quantitative estimate of drug-likeness (QED) is 0.548. The molecule has 0 aliphatic carbocycles. The third-order valence-corrected chi connectivity index (χ3v) is 4.39. The van der Waals surface area contributed by atoms with Gasteiger partial charge in [-0.2, -0.15) is 5.10 Å². The number of nitrogens with zero attached hydrogens (tertiary/aromatic N) is 2. The van der Waals surface area contributed by atoms with Crippen LogP contribution in [0.5, 0.6) is 0 Å². The number of benzene rings is 2. The van der Waals surface area contributed by atoms with Crippen LogP contribution in [0.2, 0.25) is 0 Å². The summed E-state index contributed by atoms with van der Waals surface area (Å²) >= 11 is 0. The zero-order valence-electron chi connectivity index (χ0n) is 15.6. The number of hydrogen-bond donors (Lipinski definition) is 1. The van der Waals surface area contributed by atoms with Gasteiger partial charge in [0, 0.05) is 5.39 Å². The molecular weight excluding hydrogens is 322 g/mol. The Labute approximate surface area is 154 Å². The summed E-state index contributed by atoms with van der Waals surface area (Å²) in [7, 11) is 0. The number of nitrogens with one attached hydrogen (secondary N) is 1. The normalized spacial score (nSPS) is 11.4. The molecule has 3 rings (SSSR count). The van der Waals surface area contributed by atoms with E-state index >= 15 is 0 Å². The standard InChI is InChI=1S/C22H23N3O/c1-14(2)18-8-6-17(7-9-18)13-23-25-22(26)20-12-19-11-15(3)5-10-21(19)24-16(20)4/h5-14H,1-4H3,(H,25,26)/b23-13-. The number of aromatic nitrogens is 1. The lowest BCUT2D eigenvalue weighted by atomic mass is 10.0. The SMILES string of the molecule is Cc1ccc2nc(C)c(C(=O)N/N=C\c3ccc(C(C)C)cc3)cc2c1. The fraction of sp³-hybridized carbons (Fsp3) is 0.227. The van der Waals surface area contributed by atoms with Crippen LogP contribution in [0.25, 0.3) is 10.9 Å². The molecule has 0 bridgehead atoms. The van der Waals surface area contributed by atoms with Gasteiger partial charge in [-0.05, 0) is 49.1 Å². The van der Waals surface area contributed by atoms with Crippen LogP contribution in [-0.2, 0) is 0 Å². The lowest BCUT2D eigenvalue weighted by molar-refractivity contribution is 0.0954.